The van der Waals surface area contributed by atoms with E-state index in [2.05, 4.69) is 16.3 Å². The Morgan fingerprint density at radius 2 is 2.12 bits per heavy atom. The number of hydrogen-bond acceptors (Lipinski definition) is 4. The summed E-state index contributed by atoms with van der Waals surface area (Å²) in [6.07, 6.45) is 2.57. The van der Waals surface area contributed by atoms with Crippen LogP contribution in [0, 0.1) is 17.2 Å². The molecular weight excluding hydrogens is 328 g/mol. The number of nitrogens with one attached hydrogen (secondary N) is 1. The maximum Gasteiger partial charge on any atom is 0.271 e. The molecule has 0 bridgehead atoms. The Morgan fingerprint density at radius 1 is 1.38 bits per heavy atom. The van der Waals surface area contributed by atoms with Gasteiger partial charge in [0, 0.05) is 18.7 Å². The van der Waals surface area contributed by atoms with Crippen molar-refractivity contribution in [2.75, 3.05) is 13.1 Å². The highest BCUT2D eigenvalue weighted by Crippen LogP contribution is 2.27. The summed E-state index contributed by atoms with van der Waals surface area (Å²) in [5.74, 6) is 0.395. The van der Waals surface area contributed by atoms with E-state index in [1.165, 1.54) is 0 Å². The molecule has 1 aromatic carbocycles. The summed E-state index contributed by atoms with van der Waals surface area (Å²) in [5.41, 5.74) is 1.83. The first-order chi connectivity index (χ1) is 12.4. The molecule has 2 N–H and O–H groups in total. The molecule has 0 atom stereocenters. The van der Waals surface area contributed by atoms with Crippen LogP contribution in [0.5, 0.6) is 0 Å². The fourth-order valence-electron chi connectivity index (χ4n) is 3.54. The van der Waals surface area contributed by atoms with Gasteiger partial charge in [-0.2, -0.15) is 10.4 Å². The number of aromatic amines is 1. The smallest absolute Gasteiger partial charge is 0.271 e. The topological polar surface area (TPSA) is 93.0 Å². The van der Waals surface area contributed by atoms with Gasteiger partial charge in [0.15, 0.2) is 0 Å². The molecule has 0 aliphatic carbocycles. The average molecular weight is 352 g/mol. The Balaban J connectivity index is 1.65. The van der Waals surface area contributed by atoms with Gasteiger partial charge in [0.05, 0.1) is 22.9 Å². The van der Waals surface area contributed by atoms with Gasteiger partial charge in [-0.15, -0.1) is 0 Å². The number of hydrogen-bond donors (Lipinski definition) is 2. The predicted molar refractivity (Wildman–Crippen MR) is 98.3 cm³/mol. The lowest BCUT2D eigenvalue weighted by Gasteiger charge is -2.34. The number of piperidine rings is 1. The number of aromatic nitrogens is 2. The van der Waals surface area contributed by atoms with E-state index in [0.717, 1.165) is 24.8 Å². The van der Waals surface area contributed by atoms with Crippen molar-refractivity contribution in [1.82, 2.24) is 15.1 Å². The Hall–Kier alpha value is -2.65. The molecule has 0 radical (unpaired) electrons. The van der Waals surface area contributed by atoms with Crippen LogP contribution in [-0.4, -0.2) is 44.8 Å². The van der Waals surface area contributed by atoms with E-state index in [1.807, 2.05) is 24.8 Å². The Bertz CT molecular complexity index is 821. The highest BCUT2D eigenvalue weighted by Gasteiger charge is 2.28. The van der Waals surface area contributed by atoms with E-state index in [9.17, 15) is 9.90 Å². The molecule has 2 aromatic rings. The normalized spacial score (nSPS) is 15.7. The largest absolute Gasteiger partial charge is 0.390 e. The number of benzene rings is 1. The number of H-pyrrole nitrogens is 1. The molecule has 1 aliphatic rings. The zero-order valence-corrected chi connectivity index (χ0v) is 15.2. The predicted octanol–water partition coefficient (Wildman–Crippen LogP) is 2.96. The van der Waals surface area contributed by atoms with Crippen LogP contribution in [0.3, 0.4) is 0 Å². The zero-order chi connectivity index (χ0) is 18.7. The maximum atomic E-state index is 12.7. The third-order valence-corrected chi connectivity index (χ3v) is 4.79. The van der Waals surface area contributed by atoms with Crippen molar-refractivity contribution in [2.45, 2.75) is 38.7 Å². The second-order valence-electron chi connectivity index (χ2n) is 7.61. The number of carbonyl (C=O) groups excluding carboxylic acids is 1. The van der Waals surface area contributed by atoms with Crippen LogP contribution in [0.25, 0.3) is 11.3 Å². The minimum absolute atomic E-state index is 0.0538. The van der Waals surface area contributed by atoms with Crippen molar-refractivity contribution in [1.29, 1.82) is 5.26 Å². The molecule has 3 rings (SSSR count). The molecule has 1 fully saturated rings. The number of nitriles is 1. The molecule has 6 nitrogen and oxygen atoms in total. The summed E-state index contributed by atoms with van der Waals surface area (Å²) in [5, 5.41) is 26.0. The van der Waals surface area contributed by atoms with Gasteiger partial charge in [-0.05, 0) is 57.2 Å². The van der Waals surface area contributed by atoms with E-state index < -0.39 is 5.60 Å². The molecule has 136 valence electrons. The lowest BCUT2D eigenvalue weighted by atomic mass is 9.86. The molecule has 6 heteroatoms. The van der Waals surface area contributed by atoms with Crippen LogP contribution < -0.4 is 0 Å². The first-order valence-electron chi connectivity index (χ1n) is 8.93. The van der Waals surface area contributed by atoms with Crippen LogP contribution in [0.2, 0.25) is 0 Å². The number of amides is 1. The number of aliphatic hydroxyl groups is 1. The Kier molecular flexibility index (Phi) is 5.10. The Labute approximate surface area is 153 Å². The number of likely N-dealkylation sites (tertiary alicyclic amines) is 1. The molecule has 1 aliphatic heterocycles. The van der Waals surface area contributed by atoms with Crippen molar-refractivity contribution in [3.8, 4) is 17.3 Å². The van der Waals surface area contributed by atoms with Crippen LogP contribution in [0.4, 0.5) is 0 Å². The van der Waals surface area contributed by atoms with E-state index in [1.54, 1.807) is 24.3 Å². The van der Waals surface area contributed by atoms with Gasteiger partial charge in [-0.25, -0.2) is 0 Å². The minimum Gasteiger partial charge on any atom is -0.390 e. The van der Waals surface area contributed by atoms with Gasteiger partial charge in [0.25, 0.3) is 5.91 Å². The number of rotatable bonds is 4. The molecule has 26 heavy (non-hydrogen) atoms. The standard InChI is InChI=1S/C20H24N4O2/c1-20(2,26)12-14-6-8-24(9-7-14)19(25)18-11-17(22-23-18)16-5-3-4-15(10-16)13-21/h3-5,10-11,14,26H,6-9,12H2,1-2H3,(H,22,23). The van der Waals surface area contributed by atoms with Gasteiger partial charge in [-0.1, -0.05) is 12.1 Å². The molecule has 0 saturated carbocycles. The van der Waals surface area contributed by atoms with Gasteiger partial charge in [0.1, 0.15) is 5.69 Å². The summed E-state index contributed by atoms with van der Waals surface area (Å²) >= 11 is 0. The van der Waals surface area contributed by atoms with Crippen LogP contribution in [0.15, 0.2) is 30.3 Å². The van der Waals surface area contributed by atoms with E-state index in [0.29, 0.717) is 36.0 Å². The fourth-order valence-corrected chi connectivity index (χ4v) is 3.54. The van der Waals surface area contributed by atoms with Crippen LogP contribution in [0.1, 0.15) is 49.2 Å². The molecule has 0 unspecified atom stereocenters. The summed E-state index contributed by atoms with van der Waals surface area (Å²) in [4.78, 5) is 14.5. The molecule has 1 aromatic heterocycles. The zero-order valence-electron chi connectivity index (χ0n) is 15.2. The molecule has 0 spiro atoms. The van der Waals surface area contributed by atoms with Gasteiger partial charge < -0.3 is 10.0 Å². The summed E-state index contributed by atoms with van der Waals surface area (Å²) in [6.45, 7) is 5.05. The number of nitrogens with zero attached hydrogens (tertiary/aromatic N) is 3. The molecule has 1 amide bonds. The van der Waals surface area contributed by atoms with Crippen molar-refractivity contribution in [3.05, 3.63) is 41.6 Å². The quantitative estimate of drug-likeness (QED) is 0.885. The fraction of sp³-hybridized carbons (Fsp3) is 0.450. The first-order valence-corrected chi connectivity index (χ1v) is 8.93. The highest BCUT2D eigenvalue weighted by atomic mass is 16.3. The summed E-state index contributed by atoms with van der Waals surface area (Å²) in [7, 11) is 0. The molecule has 2 heterocycles. The van der Waals surface area contributed by atoms with E-state index >= 15 is 0 Å². The van der Waals surface area contributed by atoms with Crippen LogP contribution >= 0.6 is 0 Å². The van der Waals surface area contributed by atoms with Crippen molar-refractivity contribution >= 4 is 5.91 Å². The lowest BCUT2D eigenvalue weighted by molar-refractivity contribution is 0.0357. The third-order valence-electron chi connectivity index (χ3n) is 4.79. The van der Waals surface area contributed by atoms with Crippen LogP contribution in [-0.2, 0) is 0 Å². The summed E-state index contributed by atoms with van der Waals surface area (Å²) in [6, 6.07) is 11.0. The van der Waals surface area contributed by atoms with E-state index in [-0.39, 0.29) is 5.91 Å². The van der Waals surface area contributed by atoms with E-state index in [4.69, 9.17) is 5.26 Å². The molecular formula is C20H24N4O2. The van der Waals surface area contributed by atoms with Crippen molar-refractivity contribution in [3.63, 3.8) is 0 Å². The maximum absolute atomic E-state index is 12.7. The Morgan fingerprint density at radius 3 is 2.77 bits per heavy atom. The first kappa shape index (κ1) is 18.2. The third kappa shape index (κ3) is 4.30. The van der Waals surface area contributed by atoms with Crippen molar-refractivity contribution in [2.24, 2.45) is 5.92 Å². The average Bonchev–Trinajstić information content (AvgIpc) is 3.10. The monoisotopic (exact) mass is 352 g/mol. The van der Waals surface area contributed by atoms with Gasteiger partial charge in [0.2, 0.25) is 0 Å². The minimum atomic E-state index is -0.660. The lowest BCUT2D eigenvalue weighted by Crippen LogP contribution is -2.40. The SMILES string of the molecule is CC(C)(O)CC1CCN(C(=O)c2cc(-c3cccc(C#N)c3)n[nH]2)CC1. The number of carbonyl (C=O) groups is 1. The second kappa shape index (κ2) is 7.30. The summed E-state index contributed by atoms with van der Waals surface area (Å²) < 4.78 is 0. The van der Waals surface area contributed by atoms with Gasteiger partial charge >= 0.3 is 0 Å². The second-order valence-corrected chi connectivity index (χ2v) is 7.61. The van der Waals surface area contributed by atoms with Gasteiger partial charge in [-0.3, -0.25) is 9.89 Å². The molecule has 1 saturated heterocycles. The highest BCUT2D eigenvalue weighted by molar-refractivity contribution is 5.93. The van der Waals surface area contributed by atoms with Crippen molar-refractivity contribution < 1.29 is 9.90 Å².